The summed E-state index contributed by atoms with van der Waals surface area (Å²) in [6.45, 7) is 8.01. The van der Waals surface area contributed by atoms with Crippen LogP contribution < -0.4 is 10.6 Å². The van der Waals surface area contributed by atoms with E-state index >= 15 is 0 Å². The highest BCUT2D eigenvalue weighted by atomic mass is 35.5. The van der Waals surface area contributed by atoms with Gasteiger partial charge in [0.1, 0.15) is 0 Å². The molecule has 2 N–H and O–H groups in total. The van der Waals surface area contributed by atoms with Gasteiger partial charge in [-0.3, -0.25) is 9.59 Å². The van der Waals surface area contributed by atoms with Crippen molar-refractivity contribution in [3.63, 3.8) is 0 Å². The molecule has 0 saturated heterocycles. The van der Waals surface area contributed by atoms with E-state index in [2.05, 4.69) is 10.6 Å². The summed E-state index contributed by atoms with van der Waals surface area (Å²) >= 11 is 0. The lowest BCUT2D eigenvalue weighted by molar-refractivity contribution is 0.0802. The average Bonchev–Trinajstić information content (AvgIpc) is 2.51. The Hall–Kier alpha value is -1.59. The van der Waals surface area contributed by atoms with Gasteiger partial charge in [-0.2, -0.15) is 0 Å². The molecule has 0 radical (unpaired) electrons. The highest BCUT2D eigenvalue weighted by molar-refractivity contribution is 5.99. The molecular weight excluding hydrogens is 302 g/mol. The summed E-state index contributed by atoms with van der Waals surface area (Å²) in [5.41, 5.74) is 1.04. The summed E-state index contributed by atoms with van der Waals surface area (Å²) in [5, 5.41) is 6.10. The van der Waals surface area contributed by atoms with Gasteiger partial charge in [0, 0.05) is 37.3 Å². The molecule has 0 heterocycles. The van der Waals surface area contributed by atoms with Crippen molar-refractivity contribution < 1.29 is 9.59 Å². The van der Waals surface area contributed by atoms with E-state index < -0.39 is 0 Å². The average molecular weight is 328 g/mol. The quantitative estimate of drug-likeness (QED) is 0.804. The number of nitrogens with zero attached hydrogens (tertiary/aromatic N) is 1. The molecule has 5 nitrogen and oxygen atoms in total. The van der Waals surface area contributed by atoms with Crippen LogP contribution in [-0.2, 0) is 0 Å². The molecular formula is C16H26ClN3O2. The maximum Gasteiger partial charge on any atom is 0.253 e. The van der Waals surface area contributed by atoms with Crippen LogP contribution >= 0.6 is 12.4 Å². The van der Waals surface area contributed by atoms with Crippen LogP contribution in [-0.4, -0.2) is 49.4 Å². The molecule has 1 rings (SSSR count). The molecule has 1 aromatic carbocycles. The van der Waals surface area contributed by atoms with E-state index in [4.69, 9.17) is 0 Å². The Morgan fingerprint density at radius 1 is 1.23 bits per heavy atom. The fraction of sp³-hybridized carbons (Fsp3) is 0.500. The van der Waals surface area contributed by atoms with Crippen molar-refractivity contribution in [2.75, 3.05) is 26.7 Å². The molecule has 22 heavy (non-hydrogen) atoms. The van der Waals surface area contributed by atoms with Gasteiger partial charge in [0.05, 0.1) is 0 Å². The second-order valence-electron chi connectivity index (χ2n) is 5.07. The predicted octanol–water partition coefficient (Wildman–Crippen LogP) is 1.93. The fourth-order valence-electron chi connectivity index (χ4n) is 1.93. The van der Waals surface area contributed by atoms with E-state index in [0.29, 0.717) is 24.2 Å². The number of nitrogens with one attached hydrogen (secondary N) is 2. The summed E-state index contributed by atoms with van der Waals surface area (Å²) in [6, 6.07) is 7.04. The molecule has 0 bridgehead atoms. The Labute approximate surface area is 138 Å². The molecule has 1 atom stereocenters. The van der Waals surface area contributed by atoms with Gasteiger partial charge in [-0.25, -0.2) is 0 Å². The molecule has 0 aliphatic rings. The SMILES string of the molecule is CCN[C@H](C)CNC(=O)c1cccc(C(=O)N(C)CC)c1.Cl. The van der Waals surface area contributed by atoms with Gasteiger partial charge < -0.3 is 15.5 Å². The zero-order chi connectivity index (χ0) is 15.8. The van der Waals surface area contributed by atoms with Gasteiger partial charge in [0.2, 0.25) is 0 Å². The molecule has 0 spiro atoms. The lowest BCUT2D eigenvalue weighted by Crippen LogP contribution is -2.38. The number of carbonyl (C=O) groups excluding carboxylic acids is 2. The predicted molar refractivity (Wildman–Crippen MR) is 91.8 cm³/mol. The fourth-order valence-corrected chi connectivity index (χ4v) is 1.93. The molecule has 1 aromatic rings. The third-order valence-corrected chi connectivity index (χ3v) is 3.31. The number of carbonyl (C=O) groups is 2. The summed E-state index contributed by atoms with van der Waals surface area (Å²) in [4.78, 5) is 25.8. The lowest BCUT2D eigenvalue weighted by atomic mass is 10.1. The van der Waals surface area contributed by atoms with Crippen LogP contribution in [0, 0.1) is 0 Å². The Balaban J connectivity index is 0.00000441. The first-order valence-corrected chi connectivity index (χ1v) is 7.36. The molecule has 0 aromatic heterocycles. The largest absolute Gasteiger partial charge is 0.350 e. The molecule has 0 aliphatic heterocycles. The monoisotopic (exact) mass is 327 g/mol. The number of halogens is 1. The summed E-state index contributed by atoms with van der Waals surface area (Å²) < 4.78 is 0. The lowest BCUT2D eigenvalue weighted by Gasteiger charge is -2.15. The Morgan fingerprint density at radius 3 is 2.45 bits per heavy atom. The highest BCUT2D eigenvalue weighted by Crippen LogP contribution is 2.08. The van der Waals surface area contributed by atoms with Crippen LogP contribution in [0.5, 0.6) is 0 Å². The number of hydrogen-bond acceptors (Lipinski definition) is 3. The number of benzene rings is 1. The van der Waals surface area contributed by atoms with Crippen molar-refractivity contribution in [2.45, 2.75) is 26.8 Å². The molecule has 0 unspecified atom stereocenters. The van der Waals surface area contributed by atoms with Crippen molar-refractivity contribution in [3.8, 4) is 0 Å². The topological polar surface area (TPSA) is 61.4 Å². The number of rotatable bonds is 7. The zero-order valence-corrected chi connectivity index (χ0v) is 14.5. The van der Waals surface area contributed by atoms with Crippen LogP contribution in [0.4, 0.5) is 0 Å². The van der Waals surface area contributed by atoms with Crippen molar-refractivity contribution >= 4 is 24.2 Å². The van der Waals surface area contributed by atoms with Gasteiger partial charge >= 0.3 is 0 Å². The minimum atomic E-state index is -0.159. The van der Waals surface area contributed by atoms with E-state index in [9.17, 15) is 9.59 Å². The normalized spacial score (nSPS) is 11.3. The van der Waals surface area contributed by atoms with Crippen molar-refractivity contribution in [2.24, 2.45) is 0 Å². The smallest absolute Gasteiger partial charge is 0.253 e. The summed E-state index contributed by atoms with van der Waals surface area (Å²) in [7, 11) is 1.74. The van der Waals surface area contributed by atoms with Gasteiger partial charge in [-0.1, -0.05) is 13.0 Å². The van der Waals surface area contributed by atoms with Gasteiger partial charge in [0.25, 0.3) is 11.8 Å². The van der Waals surface area contributed by atoms with Crippen molar-refractivity contribution in [3.05, 3.63) is 35.4 Å². The Morgan fingerprint density at radius 2 is 1.86 bits per heavy atom. The second kappa shape index (κ2) is 10.2. The van der Waals surface area contributed by atoms with E-state index in [0.717, 1.165) is 6.54 Å². The first-order valence-electron chi connectivity index (χ1n) is 7.36. The number of amides is 2. The van der Waals surface area contributed by atoms with Crippen molar-refractivity contribution in [1.29, 1.82) is 0 Å². The maximum absolute atomic E-state index is 12.1. The van der Waals surface area contributed by atoms with Crippen LogP contribution in [0.3, 0.4) is 0 Å². The Bertz CT molecular complexity index is 494. The van der Waals surface area contributed by atoms with Crippen molar-refractivity contribution in [1.82, 2.24) is 15.5 Å². The summed E-state index contributed by atoms with van der Waals surface area (Å²) in [5.74, 6) is -0.235. The first-order chi connectivity index (χ1) is 9.99. The van der Waals surface area contributed by atoms with E-state index in [1.54, 1.807) is 36.2 Å². The molecule has 0 aliphatic carbocycles. The van der Waals surface area contributed by atoms with Crippen LogP contribution in [0.1, 0.15) is 41.5 Å². The number of likely N-dealkylation sites (N-methyl/N-ethyl adjacent to an activating group) is 1. The van der Waals surface area contributed by atoms with Gasteiger partial charge in [-0.15, -0.1) is 12.4 Å². The second-order valence-corrected chi connectivity index (χ2v) is 5.07. The van der Waals surface area contributed by atoms with E-state index in [1.165, 1.54) is 0 Å². The Kier molecular flexibility index (Phi) is 9.45. The molecule has 2 amide bonds. The van der Waals surface area contributed by atoms with Gasteiger partial charge in [0.15, 0.2) is 0 Å². The summed E-state index contributed by atoms with van der Waals surface area (Å²) in [6.07, 6.45) is 0. The third kappa shape index (κ3) is 6.03. The maximum atomic E-state index is 12.1. The van der Waals surface area contributed by atoms with E-state index in [-0.39, 0.29) is 30.3 Å². The molecule has 0 saturated carbocycles. The minimum absolute atomic E-state index is 0. The van der Waals surface area contributed by atoms with Gasteiger partial charge in [-0.05, 0) is 38.6 Å². The zero-order valence-electron chi connectivity index (χ0n) is 13.7. The highest BCUT2D eigenvalue weighted by Gasteiger charge is 2.13. The van der Waals surface area contributed by atoms with Crippen LogP contribution in [0.2, 0.25) is 0 Å². The van der Waals surface area contributed by atoms with E-state index in [1.807, 2.05) is 20.8 Å². The third-order valence-electron chi connectivity index (χ3n) is 3.31. The molecule has 6 heteroatoms. The van der Waals surface area contributed by atoms with Crippen LogP contribution in [0.25, 0.3) is 0 Å². The standard InChI is InChI=1S/C16H25N3O2.ClH/c1-5-17-12(3)11-18-15(20)13-8-7-9-14(10-13)16(21)19(4)6-2;/h7-10,12,17H,5-6,11H2,1-4H3,(H,18,20);1H/t12-;/m1./s1. The molecule has 0 fully saturated rings. The number of hydrogen-bond donors (Lipinski definition) is 2. The van der Waals surface area contributed by atoms with Crippen LogP contribution in [0.15, 0.2) is 24.3 Å². The molecule has 124 valence electrons. The first kappa shape index (κ1) is 20.4. The minimum Gasteiger partial charge on any atom is -0.350 e.